The number of amides is 2. The first-order valence-electron chi connectivity index (χ1n) is 6.66. The fraction of sp³-hybridized carbons (Fsp3) is 0.429. The van der Waals surface area contributed by atoms with E-state index in [9.17, 15) is 14.4 Å². The molecule has 0 saturated heterocycles. The number of pyridine rings is 1. The van der Waals surface area contributed by atoms with E-state index in [1.807, 2.05) is 6.92 Å². The first-order chi connectivity index (χ1) is 9.86. The van der Waals surface area contributed by atoms with Crippen molar-refractivity contribution >= 4 is 17.8 Å². The summed E-state index contributed by atoms with van der Waals surface area (Å²) in [6.45, 7) is 5.56. The number of nitrogens with zero attached hydrogens (tertiary/aromatic N) is 1. The molecular weight excluding hydrogens is 274 g/mol. The van der Waals surface area contributed by atoms with Crippen molar-refractivity contribution in [3.05, 3.63) is 29.1 Å². The minimum atomic E-state index is -1.10. The van der Waals surface area contributed by atoms with E-state index in [1.54, 1.807) is 6.92 Å². The number of aromatic nitrogens is 1. The molecule has 0 aliphatic heterocycles. The third-order valence-electron chi connectivity index (χ3n) is 2.84. The zero-order valence-corrected chi connectivity index (χ0v) is 12.3. The summed E-state index contributed by atoms with van der Waals surface area (Å²) >= 11 is 0. The van der Waals surface area contributed by atoms with Gasteiger partial charge in [0.05, 0.1) is 11.3 Å². The molecule has 0 saturated carbocycles. The predicted octanol–water partition coefficient (Wildman–Crippen LogP) is 0.733. The summed E-state index contributed by atoms with van der Waals surface area (Å²) in [7, 11) is 0. The van der Waals surface area contributed by atoms with Crippen LogP contribution in [0, 0.1) is 6.92 Å². The van der Waals surface area contributed by atoms with Gasteiger partial charge in [0.2, 0.25) is 5.91 Å². The summed E-state index contributed by atoms with van der Waals surface area (Å²) < 4.78 is 0. The quantitative estimate of drug-likeness (QED) is 0.716. The van der Waals surface area contributed by atoms with Gasteiger partial charge in [-0.15, -0.1) is 0 Å². The van der Waals surface area contributed by atoms with Crippen molar-refractivity contribution in [2.24, 2.45) is 0 Å². The Hall–Kier alpha value is -2.44. The highest BCUT2D eigenvalue weighted by atomic mass is 16.4. The molecule has 1 rings (SSSR count). The summed E-state index contributed by atoms with van der Waals surface area (Å²) in [5.41, 5.74) is 0.367. The predicted molar refractivity (Wildman–Crippen MR) is 76.2 cm³/mol. The minimum Gasteiger partial charge on any atom is -0.478 e. The van der Waals surface area contributed by atoms with Gasteiger partial charge in [0, 0.05) is 6.54 Å². The number of rotatable bonds is 6. The fourth-order valence-electron chi connectivity index (χ4n) is 1.65. The lowest BCUT2D eigenvalue weighted by atomic mass is 10.2. The van der Waals surface area contributed by atoms with Crippen LogP contribution in [0.5, 0.6) is 0 Å². The molecule has 0 bridgehead atoms. The highest BCUT2D eigenvalue weighted by Crippen LogP contribution is 2.07. The van der Waals surface area contributed by atoms with E-state index in [-0.39, 0.29) is 22.9 Å². The summed E-state index contributed by atoms with van der Waals surface area (Å²) in [6.07, 6.45) is 0.809. The maximum atomic E-state index is 12.0. The summed E-state index contributed by atoms with van der Waals surface area (Å²) in [6, 6.07) is 1.95. The van der Waals surface area contributed by atoms with Gasteiger partial charge in [-0.3, -0.25) is 9.59 Å². The first-order valence-corrected chi connectivity index (χ1v) is 6.66. The van der Waals surface area contributed by atoms with Gasteiger partial charge < -0.3 is 15.7 Å². The molecule has 0 aromatic carbocycles. The SMILES string of the molecule is CCCNC(=O)C(C)NC(=O)c1ccc(C(=O)O)c(C)n1. The Morgan fingerprint density at radius 1 is 1.33 bits per heavy atom. The Kier molecular flexibility index (Phi) is 5.83. The molecule has 0 aliphatic rings. The number of aryl methyl sites for hydroxylation is 1. The molecular formula is C14H19N3O4. The van der Waals surface area contributed by atoms with Crippen molar-refractivity contribution < 1.29 is 19.5 Å². The second-order valence-electron chi connectivity index (χ2n) is 4.62. The molecule has 3 N–H and O–H groups in total. The average molecular weight is 293 g/mol. The Morgan fingerprint density at radius 2 is 2.00 bits per heavy atom. The van der Waals surface area contributed by atoms with Crippen molar-refractivity contribution in [2.45, 2.75) is 33.2 Å². The zero-order chi connectivity index (χ0) is 16.0. The third kappa shape index (κ3) is 4.55. The fourth-order valence-corrected chi connectivity index (χ4v) is 1.65. The number of hydrogen-bond acceptors (Lipinski definition) is 4. The Labute approximate surface area is 122 Å². The Bertz CT molecular complexity index is 557. The van der Waals surface area contributed by atoms with Crippen molar-refractivity contribution in [3.8, 4) is 0 Å². The molecule has 1 atom stereocenters. The van der Waals surface area contributed by atoms with E-state index in [0.29, 0.717) is 6.54 Å². The van der Waals surface area contributed by atoms with E-state index in [4.69, 9.17) is 5.11 Å². The van der Waals surface area contributed by atoms with Crippen LogP contribution >= 0.6 is 0 Å². The van der Waals surface area contributed by atoms with Crippen LogP contribution in [-0.4, -0.2) is 40.5 Å². The molecule has 0 fully saturated rings. The van der Waals surface area contributed by atoms with Crippen LogP contribution in [0.2, 0.25) is 0 Å². The number of carbonyl (C=O) groups is 3. The number of carboxylic acids is 1. The van der Waals surface area contributed by atoms with Gasteiger partial charge in [-0.25, -0.2) is 9.78 Å². The molecule has 2 amide bonds. The van der Waals surface area contributed by atoms with Gasteiger partial charge in [-0.1, -0.05) is 6.92 Å². The topological polar surface area (TPSA) is 108 Å². The summed E-state index contributed by atoms with van der Waals surface area (Å²) in [5, 5.41) is 14.1. The second-order valence-corrected chi connectivity index (χ2v) is 4.62. The lowest BCUT2D eigenvalue weighted by Crippen LogP contribution is -2.45. The molecule has 1 aromatic rings. The molecule has 1 heterocycles. The van der Waals surface area contributed by atoms with Gasteiger partial charge in [-0.05, 0) is 32.4 Å². The van der Waals surface area contributed by atoms with E-state index in [2.05, 4.69) is 15.6 Å². The highest BCUT2D eigenvalue weighted by Gasteiger charge is 2.18. The van der Waals surface area contributed by atoms with Gasteiger partial charge in [-0.2, -0.15) is 0 Å². The molecule has 0 spiro atoms. The molecule has 0 aliphatic carbocycles. The van der Waals surface area contributed by atoms with E-state index < -0.39 is 17.9 Å². The number of carbonyl (C=O) groups excluding carboxylic acids is 2. The van der Waals surface area contributed by atoms with Gasteiger partial charge in [0.25, 0.3) is 5.91 Å². The minimum absolute atomic E-state index is 0.0419. The monoisotopic (exact) mass is 293 g/mol. The van der Waals surface area contributed by atoms with Crippen LogP contribution < -0.4 is 10.6 Å². The van der Waals surface area contributed by atoms with Crippen LogP contribution in [0.3, 0.4) is 0 Å². The van der Waals surface area contributed by atoms with Crippen molar-refractivity contribution in [3.63, 3.8) is 0 Å². The lowest BCUT2D eigenvalue weighted by molar-refractivity contribution is -0.122. The van der Waals surface area contributed by atoms with Crippen molar-refractivity contribution in [2.75, 3.05) is 6.54 Å². The Morgan fingerprint density at radius 3 is 2.52 bits per heavy atom. The van der Waals surface area contributed by atoms with Crippen molar-refractivity contribution in [1.29, 1.82) is 0 Å². The number of hydrogen-bond donors (Lipinski definition) is 3. The van der Waals surface area contributed by atoms with Crippen LogP contribution in [0.15, 0.2) is 12.1 Å². The van der Waals surface area contributed by atoms with Crippen LogP contribution in [0.1, 0.15) is 46.8 Å². The smallest absolute Gasteiger partial charge is 0.337 e. The second kappa shape index (κ2) is 7.37. The van der Waals surface area contributed by atoms with Crippen LogP contribution in [0.25, 0.3) is 0 Å². The van der Waals surface area contributed by atoms with E-state index in [0.717, 1.165) is 6.42 Å². The third-order valence-corrected chi connectivity index (χ3v) is 2.84. The van der Waals surface area contributed by atoms with Gasteiger partial charge >= 0.3 is 5.97 Å². The lowest BCUT2D eigenvalue weighted by Gasteiger charge is -2.13. The van der Waals surface area contributed by atoms with Crippen LogP contribution in [-0.2, 0) is 4.79 Å². The number of aromatic carboxylic acids is 1. The summed E-state index contributed by atoms with van der Waals surface area (Å²) in [5.74, 6) is -1.89. The summed E-state index contributed by atoms with van der Waals surface area (Å²) in [4.78, 5) is 38.4. The standard InChI is InChI=1S/C14H19N3O4/c1-4-7-15-12(18)9(3)17-13(19)11-6-5-10(14(20)21)8(2)16-11/h5-6,9H,4,7H2,1-3H3,(H,15,18)(H,17,19)(H,20,21). The zero-order valence-electron chi connectivity index (χ0n) is 12.3. The number of nitrogens with one attached hydrogen (secondary N) is 2. The van der Waals surface area contributed by atoms with Gasteiger partial charge in [0.15, 0.2) is 0 Å². The molecule has 7 nitrogen and oxygen atoms in total. The largest absolute Gasteiger partial charge is 0.478 e. The maximum absolute atomic E-state index is 12.0. The normalized spacial score (nSPS) is 11.6. The maximum Gasteiger partial charge on any atom is 0.337 e. The highest BCUT2D eigenvalue weighted by molar-refractivity contribution is 5.97. The Balaban J connectivity index is 2.74. The molecule has 0 radical (unpaired) electrons. The molecule has 114 valence electrons. The molecule has 1 aromatic heterocycles. The number of carboxylic acid groups (broad SMARTS) is 1. The van der Waals surface area contributed by atoms with Crippen molar-refractivity contribution in [1.82, 2.24) is 15.6 Å². The average Bonchev–Trinajstić information content (AvgIpc) is 2.43. The van der Waals surface area contributed by atoms with E-state index >= 15 is 0 Å². The van der Waals surface area contributed by atoms with Gasteiger partial charge in [0.1, 0.15) is 11.7 Å². The van der Waals surface area contributed by atoms with E-state index in [1.165, 1.54) is 19.1 Å². The first kappa shape index (κ1) is 16.6. The molecule has 1 unspecified atom stereocenters. The molecule has 7 heteroatoms. The molecule has 21 heavy (non-hydrogen) atoms. The van der Waals surface area contributed by atoms with Crippen LogP contribution in [0.4, 0.5) is 0 Å².